The van der Waals surface area contributed by atoms with Crippen LogP contribution in [0.25, 0.3) is 22.3 Å². The average Bonchev–Trinajstić information content (AvgIpc) is 3.56. The number of nitrogens with two attached hydrogens (primary N) is 1. The summed E-state index contributed by atoms with van der Waals surface area (Å²) in [5.74, 6) is -0.333. The number of fused-ring (bicyclic) bond motifs is 1. The van der Waals surface area contributed by atoms with Crippen molar-refractivity contribution in [3.05, 3.63) is 83.2 Å². The van der Waals surface area contributed by atoms with Crippen molar-refractivity contribution in [3.63, 3.8) is 0 Å². The number of nitrogens with zero attached hydrogens (tertiary/aromatic N) is 6. The predicted octanol–water partition coefficient (Wildman–Crippen LogP) is 5.07. The van der Waals surface area contributed by atoms with Crippen molar-refractivity contribution in [2.75, 3.05) is 11.1 Å². The van der Waals surface area contributed by atoms with Crippen LogP contribution in [0.2, 0.25) is 5.02 Å². The van der Waals surface area contributed by atoms with Crippen LogP contribution in [-0.4, -0.2) is 41.9 Å². The predicted molar refractivity (Wildman–Crippen MR) is 132 cm³/mol. The first-order chi connectivity index (χ1) is 17.8. The van der Waals surface area contributed by atoms with E-state index in [1.165, 1.54) is 16.9 Å². The number of amides is 1. The number of halogens is 4. The largest absolute Gasteiger partial charge is 0.383 e. The Morgan fingerprint density at radius 2 is 1.86 bits per heavy atom. The maximum Gasteiger partial charge on any atom is 0.275 e. The average molecular weight is 527 g/mol. The molecule has 5 aromatic rings. The van der Waals surface area contributed by atoms with Gasteiger partial charge in [0.05, 0.1) is 45.7 Å². The summed E-state index contributed by atoms with van der Waals surface area (Å²) in [5, 5.41) is 11.9. The van der Waals surface area contributed by atoms with Crippen molar-refractivity contribution in [3.8, 4) is 11.5 Å². The molecule has 1 unspecified atom stereocenters. The van der Waals surface area contributed by atoms with E-state index in [-0.39, 0.29) is 27.8 Å². The summed E-state index contributed by atoms with van der Waals surface area (Å²) in [7, 11) is 0. The molecule has 0 saturated heterocycles. The van der Waals surface area contributed by atoms with Gasteiger partial charge in [0.2, 0.25) is 6.17 Å². The number of alkyl halides is 3. The van der Waals surface area contributed by atoms with Crippen molar-refractivity contribution < 1.29 is 18.0 Å². The van der Waals surface area contributed by atoms with E-state index in [1.807, 2.05) is 0 Å². The van der Waals surface area contributed by atoms with Gasteiger partial charge >= 0.3 is 0 Å². The molecule has 37 heavy (non-hydrogen) atoms. The Morgan fingerprint density at radius 3 is 2.57 bits per heavy atom. The molecule has 0 radical (unpaired) electrons. The Bertz CT molecular complexity index is 1620. The van der Waals surface area contributed by atoms with E-state index in [2.05, 4.69) is 25.5 Å². The number of anilines is 2. The highest BCUT2D eigenvalue weighted by molar-refractivity contribution is 6.32. The second-order valence-electron chi connectivity index (χ2n) is 8.00. The first-order valence-corrected chi connectivity index (χ1v) is 11.3. The highest BCUT2D eigenvalue weighted by atomic mass is 35.5. The number of aromatic nitrogens is 6. The minimum absolute atomic E-state index is 0.177. The molecular formula is C24H18ClF3N8O. The third kappa shape index (κ3) is 4.35. The summed E-state index contributed by atoms with van der Waals surface area (Å²) in [6.45, 7) is 1.62. The van der Waals surface area contributed by atoms with Gasteiger partial charge in [0.1, 0.15) is 5.82 Å². The summed E-state index contributed by atoms with van der Waals surface area (Å²) in [4.78, 5) is 21.6. The van der Waals surface area contributed by atoms with Gasteiger partial charge in [-0.3, -0.25) is 4.79 Å². The van der Waals surface area contributed by atoms with Gasteiger partial charge in [-0.15, -0.1) is 0 Å². The molecule has 13 heteroatoms. The molecule has 4 aromatic heterocycles. The lowest BCUT2D eigenvalue weighted by molar-refractivity contribution is 0.0454. The number of carbonyl (C=O) groups is 1. The molecule has 0 bridgehead atoms. The Labute approximate surface area is 212 Å². The lowest BCUT2D eigenvalue weighted by Gasteiger charge is -2.16. The number of pyridine rings is 2. The van der Waals surface area contributed by atoms with Gasteiger partial charge in [0, 0.05) is 23.2 Å². The number of hydrogen-bond donors (Lipinski definition) is 2. The Hall–Kier alpha value is -4.45. The van der Waals surface area contributed by atoms with Crippen LogP contribution in [0, 0.1) is 6.92 Å². The van der Waals surface area contributed by atoms with Crippen molar-refractivity contribution >= 4 is 39.8 Å². The molecule has 188 valence electrons. The first-order valence-electron chi connectivity index (χ1n) is 10.9. The summed E-state index contributed by atoms with van der Waals surface area (Å²) in [5.41, 5.74) is 5.68. The molecule has 0 spiro atoms. The lowest BCUT2D eigenvalue weighted by atomic mass is 10.1. The van der Waals surface area contributed by atoms with Crippen LogP contribution in [0.5, 0.6) is 0 Å². The van der Waals surface area contributed by atoms with Crippen LogP contribution < -0.4 is 11.1 Å². The molecule has 1 aromatic carbocycles. The fourth-order valence-electron chi connectivity index (χ4n) is 3.92. The Kier molecular flexibility index (Phi) is 6.25. The topological polar surface area (TPSA) is 117 Å². The van der Waals surface area contributed by atoms with Gasteiger partial charge in [0.15, 0.2) is 5.82 Å². The zero-order chi connectivity index (χ0) is 26.3. The van der Waals surface area contributed by atoms with Crippen LogP contribution >= 0.6 is 11.6 Å². The highest BCUT2D eigenvalue weighted by Crippen LogP contribution is 2.33. The number of hydrogen-bond acceptors (Lipinski definition) is 6. The van der Waals surface area contributed by atoms with Crippen LogP contribution in [0.3, 0.4) is 0 Å². The third-order valence-corrected chi connectivity index (χ3v) is 5.96. The van der Waals surface area contributed by atoms with E-state index >= 15 is 0 Å². The maximum atomic E-state index is 15.0. The monoisotopic (exact) mass is 526 g/mol. The molecule has 0 saturated carbocycles. The summed E-state index contributed by atoms with van der Waals surface area (Å²) in [6, 6.07) is 9.92. The molecule has 3 N–H and O–H groups in total. The van der Waals surface area contributed by atoms with Crippen LogP contribution in [0.1, 0.15) is 27.9 Å². The third-order valence-electron chi connectivity index (χ3n) is 5.68. The smallest absolute Gasteiger partial charge is 0.275 e. The molecule has 0 aliphatic heterocycles. The highest BCUT2D eigenvalue weighted by Gasteiger charge is 2.33. The zero-order valence-electron chi connectivity index (χ0n) is 19.1. The van der Waals surface area contributed by atoms with Gasteiger partial charge in [0.25, 0.3) is 12.3 Å². The van der Waals surface area contributed by atoms with E-state index in [4.69, 9.17) is 17.3 Å². The standard InChI is InChI=1S/C24H18ClF3N8O/c1-12-17(9-16(25)23(33-12)35-8-4-7-31-35)34-24(37)15-10-32-36(20(15)19(26)21(27)28)18-11-30-22(29)14-6-3-2-5-13(14)18/h2-11,19,21H,1H3,(H2,29,30)(H,34,37). The van der Waals surface area contributed by atoms with Gasteiger partial charge < -0.3 is 11.1 Å². The molecule has 5 rings (SSSR count). The summed E-state index contributed by atoms with van der Waals surface area (Å²) >= 11 is 6.33. The Balaban J connectivity index is 1.57. The second-order valence-corrected chi connectivity index (χ2v) is 8.40. The van der Waals surface area contributed by atoms with Crippen molar-refractivity contribution in [1.82, 2.24) is 29.5 Å². The number of nitrogens with one attached hydrogen (secondary N) is 1. The first kappa shape index (κ1) is 24.3. The molecule has 0 fully saturated rings. The number of rotatable bonds is 6. The van der Waals surface area contributed by atoms with Crippen LogP contribution in [0.15, 0.2) is 61.2 Å². The van der Waals surface area contributed by atoms with Crippen molar-refractivity contribution in [1.29, 1.82) is 0 Å². The molecule has 9 nitrogen and oxygen atoms in total. The fraction of sp³-hybridized carbons (Fsp3) is 0.125. The number of benzene rings is 1. The van der Waals surface area contributed by atoms with Crippen molar-refractivity contribution in [2.24, 2.45) is 0 Å². The SMILES string of the molecule is Cc1nc(-n2cccn2)c(Cl)cc1NC(=O)c1cnn(-c2cnc(N)c3ccccc23)c1C(F)C(F)F. The van der Waals surface area contributed by atoms with Gasteiger partial charge in [-0.25, -0.2) is 32.5 Å². The van der Waals surface area contributed by atoms with Gasteiger partial charge in [-0.2, -0.15) is 10.2 Å². The maximum absolute atomic E-state index is 15.0. The van der Waals surface area contributed by atoms with Crippen LogP contribution in [0.4, 0.5) is 24.7 Å². The molecule has 1 atom stereocenters. The fourth-order valence-corrected chi connectivity index (χ4v) is 4.16. The number of carbonyl (C=O) groups excluding carboxylic acids is 1. The summed E-state index contributed by atoms with van der Waals surface area (Å²) in [6.07, 6.45) is -0.721. The molecule has 0 aliphatic carbocycles. The second kappa shape index (κ2) is 9.54. The molecule has 4 heterocycles. The summed E-state index contributed by atoms with van der Waals surface area (Å²) < 4.78 is 44.6. The van der Waals surface area contributed by atoms with E-state index in [0.29, 0.717) is 22.3 Å². The molecular weight excluding hydrogens is 509 g/mol. The lowest BCUT2D eigenvalue weighted by Crippen LogP contribution is -2.19. The normalized spacial score (nSPS) is 12.3. The molecule has 0 aliphatic rings. The van der Waals surface area contributed by atoms with E-state index in [9.17, 15) is 18.0 Å². The zero-order valence-corrected chi connectivity index (χ0v) is 19.9. The quantitative estimate of drug-likeness (QED) is 0.319. The van der Waals surface area contributed by atoms with Gasteiger partial charge in [-0.1, -0.05) is 35.9 Å². The van der Waals surface area contributed by atoms with E-state index in [0.717, 1.165) is 10.9 Å². The Morgan fingerprint density at radius 1 is 1.11 bits per heavy atom. The number of aryl methyl sites for hydroxylation is 1. The number of nitrogen functional groups attached to an aromatic ring is 1. The molecule has 1 amide bonds. The van der Waals surface area contributed by atoms with Crippen molar-refractivity contribution in [2.45, 2.75) is 19.5 Å². The van der Waals surface area contributed by atoms with Crippen LogP contribution in [-0.2, 0) is 0 Å². The van der Waals surface area contributed by atoms with E-state index in [1.54, 1.807) is 49.6 Å². The minimum Gasteiger partial charge on any atom is -0.383 e. The van der Waals surface area contributed by atoms with Gasteiger partial charge in [-0.05, 0) is 19.1 Å². The minimum atomic E-state index is -3.42. The van der Waals surface area contributed by atoms with E-state index < -0.39 is 24.2 Å².